The van der Waals surface area contributed by atoms with Crippen molar-refractivity contribution in [3.05, 3.63) is 29.3 Å². The average molecular weight is 357 g/mol. The lowest BCUT2D eigenvalue weighted by atomic mass is 9.92. The first kappa shape index (κ1) is 18.1. The lowest BCUT2D eigenvalue weighted by Crippen LogP contribution is -2.54. The molecule has 4 amide bonds. The van der Waals surface area contributed by atoms with Gasteiger partial charge in [0.2, 0.25) is 11.8 Å². The van der Waals surface area contributed by atoms with Gasteiger partial charge in [0, 0.05) is 18.7 Å². The van der Waals surface area contributed by atoms with Crippen LogP contribution in [0.3, 0.4) is 0 Å². The van der Waals surface area contributed by atoms with E-state index in [4.69, 9.17) is 0 Å². The number of nitrogens with zero attached hydrogens (tertiary/aromatic N) is 1. The molecule has 0 aromatic heterocycles. The third kappa shape index (κ3) is 3.47. The zero-order chi connectivity index (χ0) is 19.1. The van der Waals surface area contributed by atoms with Crippen LogP contribution in [-0.4, -0.2) is 41.1 Å². The average Bonchev–Trinajstić information content (AvgIpc) is 2.78. The third-order valence-electron chi connectivity index (χ3n) is 4.64. The highest BCUT2D eigenvalue weighted by molar-refractivity contribution is 6.23. The van der Waals surface area contributed by atoms with Gasteiger partial charge in [0.05, 0.1) is 11.1 Å². The molecule has 1 aromatic rings. The summed E-state index contributed by atoms with van der Waals surface area (Å²) in [6.45, 7) is 7.20. The van der Waals surface area contributed by atoms with Gasteiger partial charge in [-0.2, -0.15) is 0 Å². The van der Waals surface area contributed by atoms with Gasteiger partial charge < -0.3 is 5.32 Å². The molecule has 3 rings (SSSR count). The lowest BCUT2D eigenvalue weighted by molar-refractivity contribution is -0.136. The van der Waals surface area contributed by atoms with Crippen molar-refractivity contribution < 1.29 is 19.2 Å². The van der Waals surface area contributed by atoms with Crippen molar-refractivity contribution in [2.45, 2.75) is 46.1 Å². The highest BCUT2D eigenvalue weighted by Gasteiger charge is 2.44. The molecule has 1 saturated heterocycles. The Morgan fingerprint density at radius 2 is 1.81 bits per heavy atom. The molecular weight excluding hydrogens is 334 g/mol. The minimum Gasteiger partial charge on any atom is -0.385 e. The number of carbonyl (C=O) groups is 4. The van der Waals surface area contributed by atoms with Crippen LogP contribution in [0.4, 0.5) is 5.69 Å². The number of amides is 4. The summed E-state index contributed by atoms with van der Waals surface area (Å²) in [5, 5.41) is 5.46. The lowest BCUT2D eigenvalue weighted by Gasteiger charge is -2.27. The predicted octanol–water partition coefficient (Wildman–Crippen LogP) is 1.94. The van der Waals surface area contributed by atoms with Crippen LogP contribution in [0, 0.1) is 5.41 Å². The zero-order valence-corrected chi connectivity index (χ0v) is 15.2. The van der Waals surface area contributed by atoms with Gasteiger partial charge in [0.1, 0.15) is 6.04 Å². The number of fused-ring (bicyclic) bond motifs is 1. The Morgan fingerprint density at radius 1 is 1.12 bits per heavy atom. The molecule has 0 aliphatic carbocycles. The van der Waals surface area contributed by atoms with Crippen molar-refractivity contribution in [3.8, 4) is 0 Å². The van der Waals surface area contributed by atoms with Crippen LogP contribution in [0.2, 0.25) is 0 Å². The summed E-state index contributed by atoms with van der Waals surface area (Å²) < 4.78 is 0. The number of carbonyl (C=O) groups excluding carboxylic acids is 4. The van der Waals surface area contributed by atoms with E-state index in [-0.39, 0.29) is 24.2 Å². The summed E-state index contributed by atoms with van der Waals surface area (Å²) in [5.74, 6) is -1.95. The van der Waals surface area contributed by atoms with Crippen LogP contribution in [0.15, 0.2) is 18.2 Å². The molecule has 0 spiro atoms. The van der Waals surface area contributed by atoms with Crippen LogP contribution < -0.4 is 10.6 Å². The number of piperidine rings is 1. The second-order valence-corrected chi connectivity index (χ2v) is 7.95. The minimum atomic E-state index is -0.933. The Balaban J connectivity index is 1.77. The number of anilines is 1. The van der Waals surface area contributed by atoms with Gasteiger partial charge in [-0.05, 0) is 36.5 Å². The van der Waals surface area contributed by atoms with Crippen molar-refractivity contribution in [3.63, 3.8) is 0 Å². The fraction of sp³-hybridized carbons (Fsp3) is 0.474. The van der Waals surface area contributed by atoms with E-state index in [2.05, 4.69) is 31.4 Å². The zero-order valence-electron chi connectivity index (χ0n) is 15.2. The van der Waals surface area contributed by atoms with Gasteiger partial charge in [0.15, 0.2) is 0 Å². The van der Waals surface area contributed by atoms with Gasteiger partial charge in [-0.25, -0.2) is 0 Å². The number of nitrogens with one attached hydrogen (secondary N) is 2. The summed E-state index contributed by atoms with van der Waals surface area (Å²) >= 11 is 0. The fourth-order valence-electron chi connectivity index (χ4n) is 3.16. The maximum Gasteiger partial charge on any atom is 0.262 e. The Hall–Kier alpha value is -2.70. The van der Waals surface area contributed by atoms with Gasteiger partial charge in [0.25, 0.3) is 11.8 Å². The number of hydrogen-bond donors (Lipinski definition) is 2. The molecule has 7 nitrogen and oxygen atoms in total. The Morgan fingerprint density at radius 3 is 2.46 bits per heavy atom. The van der Waals surface area contributed by atoms with Gasteiger partial charge >= 0.3 is 0 Å². The highest BCUT2D eigenvalue weighted by atomic mass is 16.2. The second kappa shape index (κ2) is 6.55. The van der Waals surface area contributed by atoms with E-state index in [1.165, 1.54) is 0 Å². The standard InChI is InChI=1S/C19H23N3O4/c1-19(2,3)8-9-20-11-4-5-12-13(10-11)18(26)22(17(12)25)14-6-7-15(23)21-16(14)24/h4-5,10,14,20H,6-9H2,1-3H3,(H,21,23,24). The van der Waals surface area contributed by atoms with Crippen LogP contribution >= 0.6 is 0 Å². The minimum absolute atomic E-state index is 0.115. The SMILES string of the molecule is CC(C)(C)CCNc1ccc2c(c1)C(=O)N(C1CCC(=O)NC1=O)C2=O. The molecule has 2 heterocycles. The Kier molecular flexibility index (Phi) is 4.56. The first-order chi connectivity index (χ1) is 12.2. The maximum atomic E-state index is 12.7. The van der Waals surface area contributed by atoms with Crippen molar-refractivity contribution in [1.82, 2.24) is 10.2 Å². The van der Waals surface area contributed by atoms with Gasteiger partial charge in [-0.15, -0.1) is 0 Å². The summed E-state index contributed by atoms with van der Waals surface area (Å²) in [6.07, 6.45) is 1.23. The second-order valence-electron chi connectivity index (χ2n) is 7.95. The van der Waals surface area contributed by atoms with Crippen molar-refractivity contribution in [2.24, 2.45) is 5.41 Å². The molecule has 2 aliphatic heterocycles. The molecule has 1 unspecified atom stereocenters. The van der Waals surface area contributed by atoms with Gasteiger partial charge in [-0.3, -0.25) is 29.4 Å². The van der Waals surface area contributed by atoms with E-state index in [0.29, 0.717) is 11.1 Å². The predicted molar refractivity (Wildman–Crippen MR) is 95.7 cm³/mol. The van der Waals surface area contributed by atoms with E-state index in [1.54, 1.807) is 18.2 Å². The van der Waals surface area contributed by atoms with Gasteiger partial charge in [-0.1, -0.05) is 20.8 Å². The molecule has 2 aliphatic rings. The largest absolute Gasteiger partial charge is 0.385 e. The van der Waals surface area contributed by atoms with E-state index in [0.717, 1.165) is 23.6 Å². The third-order valence-corrected chi connectivity index (χ3v) is 4.64. The topological polar surface area (TPSA) is 95.6 Å². The first-order valence-corrected chi connectivity index (χ1v) is 8.77. The number of rotatable bonds is 4. The molecule has 7 heteroatoms. The molecule has 1 aromatic carbocycles. The Bertz CT molecular complexity index is 794. The van der Waals surface area contributed by atoms with Crippen LogP contribution in [0.1, 0.15) is 60.7 Å². The molecule has 0 radical (unpaired) electrons. The van der Waals surface area contributed by atoms with E-state index in [1.807, 2.05) is 0 Å². The van der Waals surface area contributed by atoms with E-state index in [9.17, 15) is 19.2 Å². The maximum absolute atomic E-state index is 12.7. The van der Waals surface area contributed by atoms with Crippen LogP contribution in [-0.2, 0) is 9.59 Å². The summed E-state index contributed by atoms with van der Waals surface area (Å²) in [7, 11) is 0. The normalized spacial score (nSPS) is 20.3. The monoisotopic (exact) mass is 357 g/mol. The first-order valence-electron chi connectivity index (χ1n) is 8.77. The van der Waals surface area contributed by atoms with E-state index >= 15 is 0 Å². The van der Waals surface area contributed by atoms with Crippen LogP contribution in [0.25, 0.3) is 0 Å². The molecule has 0 bridgehead atoms. The van der Waals surface area contributed by atoms with E-state index < -0.39 is 23.8 Å². The smallest absolute Gasteiger partial charge is 0.262 e. The molecule has 138 valence electrons. The van der Waals surface area contributed by atoms with Crippen LogP contribution in [0.5, 0.6) is 0 Å². The Labute approximate surface area is 152 Å². The van der Waals surface area contributed by atoms with Crippen molar-refractivity contribution in [1.29, 1.82) is 0 Å². The molecule has 1 atom stereocenters. The molecule has 26 heavy (non-hydrogen) atoms. The number of benzene rings is 1. The number of imide groups is 2. The molecule has 0 saturated carbocycles. The number of hydrogen-bond acceptors (Lipinski definition) is 5. The van der Waals surface area contributed by atoms with Crippen molar-refractivity contribution in [2.75, 3.05) is 11.9 Å². The summed E-state index contributed by atoms with van der Waals surface area (Å²) in [5.41, 5.74) is 1.54. The quantitative estimate of drug-likeness (QED) is 0.803. The molecule has 2 N–H and O–H groups in total. The van der Waals surface area contributed by atoms with Crippen molar-refractivity contribution >= 4 is 29.3 Å². The molecule has 1 fully saturated rings. The fourth-order valence-corrected chi connectivity index (χ4v) is 3.16. The molecular formula is C19H23N3O4. The summed E-state index contributed by atoms with van der Waals surface area (Å²) in [6, 6.07) is 4.10. The summed E-state index contributed by atoms with van der Waals surface area (Å²) in [4.78, 5) is 49.7. The highest BCUT2D eigenvalue weighted by Crippen LogP contribution is 2.29.